The van der Waals surface area contributed by atoms with Crippen LogP contribution >= 0.6 is 0 Å². The number of aromatic nitrogens is 2. The molecule has 2 aliphatic rings. The largest absolute Gasteiger partial charge is 0.474 e. The molecule has 1 saturated heterocycles. The van der Waals surface area contributed by atoms with Crippen LogP contribution in [0.25, 0.3) is 11.3 Å². The number of aryl methyl sites for hydroxylation is 1. The SMILES string of the molecule is CN1CCC(Oc2nc(N)nc3c2CCCc2ccccc2-3)CC1. The van der Waals surface area contributed by atoms with Crippen LogP contribution in [-0.2, 0) is 12.8 Å². The van der Waals surface area contributed by atoms with Gasteiger partial charge in [-0.3, -0.25) is 0 Å². The van der Waals surface area contributed by atoms with E-state index in [9.17, 15) is 0 Å². The predicted octanol–water partition coefficient (Wildman–Crippen LogP) is 2.69. The Kier molecular flexibility index (Phi) is 4.10. The monoisotopic (exact) mass is 324 g/mol. The molecule has 0 radical (unpaired) electrons. The standard InChI is InChI=1S/C19H24N4O/c1-23-11-9-14(10-12-23)24-18-16-8-4-6-13-5-2-3-7-15(13)17(16)21-19(20)22-18/h2-3,5,7,14H,4,6,8-12H2,1H3,(H2,20,21,22). The average Bonchev–Trinajstić information content (AvgIpc) is 2.77. The molecule has 1 aliphatic heterocycles. The maximum Gasteiger partial charge on any atom is 0.223 e. The Labute approximate surface area is 142 Å². The maximum absolute atomic E-state index is 6.30. The highest BCUT2D eigenvalue weighted by Crippen LogP contribution is 2.36. The summed E-state index contributed by atoms with van der Waals surface area (Å²) < 4.78 is 6.30. The number of ether oxygens (including phenoxy) is 1. The van der Waals surface area contributed by atoms with Gasteiger partial charge in [-0.2, -0.15) is 4.98 Å². The van der Waals surface area contributed by atoms with Crippen LogP contribution in [-0.4, -0.2) is 41.1 Å². The number of hydrogen-bond acceptors (Lipinski definition) is 5. The molecule has 4 rings (SSSR count). The fraction of sp³-hybridized carbons (Fsp3) is 0.474. The van der Waals surface area contributed by atoms with E-state index in [1.807, 2.05) is 0 Å². The number of nitrogens with two attached hydrogens (primary N) is 1. The molecule has 0 unspecified atom stereocenters. The quantitative estimate of drug-likeness (QED) is 0.920. The minimum absolute atomic E-state index is 0.220. The van der Waals surface area contributed by atoms with Crippen molar-refractivity contribution >= 4 is 5.95 Å². The molecular weight excluding hydrogens is 300 g/mol. The lowest BCUT2D eigenvalue weighted by molar-refractivity contribution is 0.109. The molecule has 126 valence electrons. The maximum atomic E-state index is 6.30. The Hall–Kier alpha value is -2.14. The van der Waals surface area contributed by atoms with Gasteiger partial charge in [0.05, 0.1) is 5.69 Å². The lowest BCUT2D eigenvalue weighted by Gasteiger charge is -2.29. The summed E-state index contributed by atoms with van der Waals surface area (Å²) in [6.07, 6.45) is 5.36. The Morgan fingerprint density at radius 2 is 1.92 bits per heavy atom. The molecule has 5 heteroatoms. The van der Waals surface area contributed by atoms with Gasteiger partial charge in [-0.15, -0.1) is 0 Å². The first-order valence-corrected chi connectivity index (χ1v) is 8.80. The fourth-order valence-electron chi connectivity index (χ4n) is 3.71. The minimum Gasteiger partial charge on any atom is -0.474 e. The zero-order valence-electron chi connectivity index (χ0n) is 14.2. The van der Waals surface area contributed by atoms with Crippen LogP contribution in [0.5, 0.6) is 5.88 Å². The molecule has 0 amide bonds. The zero-order chi connectivity index (χ0) is 16.5. The second-order valence-corrected chi connectivity index (χ2v) is 6.85. The van der Waals surface area contributed by atoms with Crippen LogP contribution in [0.3, 0.4) is 0 Å². The third-order valence-corrected chi connectivity index (χ3v) is 5.08. The van der Waals surface area contributed by atoms with Crippen LogP contribution in [0, 0.1) is 0 Å². The molecule has 1 aromatic heterocycles. The molecule has 24 heavy (non-hydrogen) atoms. The zero-order valence-corrected chi connectivity index (χ0v) is 14.2. The second kappa shape index (κ2) is 6.40. The number of benzene rings is 1. The van der Waals surface area contributed by atoms with Crippen molar-refractivity contribution < 1.29 is 4.74 Å². The molecular formula is C19H24N4O. The van der Waals surface area contributed by atoms with Crippen LogP contribution in [0.1, 0.15) is 30.4 Å². The predicted molar refractivity (Wildman–Crippen MR) is 95.1 cm³/mol. The van der Waals surface area contributed by atoms with Crippen molar-refractivity contribution in [2.45, 2.75) is 38.2 Å². The van der Waals surface area contributed by atoms with Crippen LogP contribution in [0.4, 0.5) is 5.95 Å². The first-order chi connectivity index (χ1) is 11.7. The van der Waals surface area contributed by atoms with E-state index < -0.39 is 0 Å². The second-order valence-electron chi connectivity index (χ2n) is 6.85. The molecule has 0 saturated carbocycles. The number of nitrogens with zero attached hydrogens (tertiary/aromatic N) is 3. The topological polar surface area (TPSA) is 64.3 Å². The number of hydrogen-bond donors (Lipinski definition) is 1. The Balaban J connectivity index is 1.71. The average molecular weight is 324 g/mol. The third kappa shape index (κ3) is 2.96. The Morgan fingerprint density at radius 1 is 1.12 bits per heavy atom. The summed E-state index contributed by atoms with van der Waals surface area (Å²) in [4.78, 5) is 11.3. The number of rotatable bonds is 2. The van der Waals surface area contributed by atoms with Crippen molar-refractivity contribution in [2.24, 2.45) is 0 Å². The van der Waals surface area contributed by atoms with Gasteiger partial charge in [0.15, 0.2) is 0 Å². The molecule has 0 atom stereocenters. The minimum atomic E-state index is 0.220. The van der Waals surface area contributed by atoms with Gasteiger partial charge < -0.3 is 15.4 Å². The fourth-order valence-corrected chi connectivity index (χ4v) is 3.71. The van der Waals surface area contributed by atoms with Crippen LogP contribution in [0.2, 0.25) is 0 Å². The van der Waals surface area contributed by atoms with Crippen molar-refractivity contribution in [3.63, 3.8) is 0 Å². The first-order valence-electron chi connectivity index (χ1n) is 8.80. The van der Waals surface area contributed by atoms with Gasteiger partial charge in [-0.25, -0.2) is 4.98 Å². The molecule has 1 fully saturated rings. The van der Waals surface area contributed by atoms with Gasteiger partial charge in [0.1, 0.15) is 6.10 Å². The summed E-state index contributed by atoms with van der Waals surface area (Å²) in [7, 11) is 2.15. The third-order valence-electron chi connectivity index (χ3n) is 5.08. The normalized spacial score (nSPS) is 18.5. The summed E-state index contributed by atoms with van der Waals surface area (Å²) in [6.45, 7) is 2.13. The molecule has 1 aromatic carbocycles. The Morgan fingerprint density at radius 3 is 2.75 bits per heavy atom. The summed E-state index contributed by atoms with van der Waals surface area (Å²) in [5.74, 6) is 0.997. The smallest absolute Gasteiger partial charge is 0.223 e. The molecule has 2 heterocycles. The van der Waals surface area contributed by atoms with Gasteiger partial charge >= 0.3 is 0 Å². The van der Waals surface area contributed by atoms with E-state index in [2.05, 4.69) is 46.2 Å². The number of nitrogen functional groups attached to an aromatic ring is 1. The lowest BCUT2D eigenvalue weighted by Crippen LogP contribution is -2.36. The van der Waals surface area contributed by atoms with Gasteiger partial charge in [0.25, 0.3) is 0 Å². The number of anilines is 1. The van der Waals surface area contributed by atoms with Gasteiger partial charge in [0.2, 0.25) is 11.8 Å². The summed E-state index contributed by atoms with van der Waals surface area (Å²) in [5, 5.41) is 0. The number of fused-ring (bicyclic) bond motifs is 3. The van der Waals surface area contributed by atoms with Crippen LogP contribution in [0.15, 0.2) is 24.3 Å². The van der Waals surface area contributed by atoms with Crippen molar-refractivity contribution in [3.05, 3.63) is 35.4 Å². The highest BCUT2D eigenvalue weighted by Gasteiger charge is 2.24. The molecule has 1 aliphatic carbocycles. The van der Waals surface area contributed by atoms with Crippen LogP contribution < -0.4 is 10.5 Å². The number of piperidine rings is 1. The lowest BCUT2D eigenvalue weighted by atomic mass is 10.0. The molecule has 2 N–H and O–H groups in total. The van der Waals surface area contributed by atoms with Crippen molar-refractivity contribution in [3.8, 4) is 17.1 Å². The van der Waals surface area contributed by atoms with Gasteiger partial charge in [-0.05, 0) is 44.7 Å². The number of likely N-dealkylation sites (tertiary alicyclic amines) is 1. The highest BCUT2D eigenvalue weighted by molar-refractivity contribution is 5.70. The summed E-state index contributed by atoms with van der Waals surface area (Å²) in [5.41, 5.74) is 10.6. The van der Waals surface area contributed by atoms with Crippen molar-refractivity contribution in [1.29, 1.82) is 0 Å². The van der Waals surface area contributed by atoms with E-state index in [0.29, 0.717) is 11.8 Å². The van der Waals surface area contributed by atoms with Gasteiger partial charge in [-0.1, -0.05) is 24.3 Å². The van der Waals surface area contributed by atoms with E-state index in [1.165, 1.54) is 11.1 Å². The van der Waals surface area contributed by atoms with Crippen molar-refractivity contribution in [2.75, 3.05) is 25.9 Å². The van der Waals surface area contributed by atoms with E-state index in [0.717, 1.165) is 56.5 Å². The summed E-state index contributed by atoms with van der Waals surface area (Å²) in [6, 6.07) is 8.46. The van der Waals surface area contributed by atoms with Crippen molar-refractivity contribution in [1.82, 2.24) is 14.9 Å². The van der Waals surface area contributed by atoms with E-state index in [4.69, 9.17) is 10.5 Å². The molecule has 2 aromatic rings. The first kappa shape index (κ1) is 15.4. The molecule has 0 bridgehead atoms. The van der Waals surface area contributed by atoms with E-state index in [1.54, 1.807) is 0 Å². The van der Waals surface area contributed by atoms with Gasteiger partial charge in [0, 0.05) is 24.2 Å². The van der Waals surface area contributed by atoms with E-state index >= 15 is 0 Å². The Bertz CT molecular complexity index is 738. The summed E-state index contributed by atoms with van der Waals surface area (Å²) >= 11 is 0. The molecule has 5 nitrogen and oxygen atoms in total. The molecule has 0 spiro atoms. The highest BCUT2D eigenvalue weighted by atomic mass is 16.5. The van der Waals surface area contributed by atoms with E-state index in [-0.39, 0.29) is 6.10 Å².